The number of nitrogens with zero attached hydrogens (tertiary/aromatic N) is 2. The number of piperidine rings is 1. The molecule has 2 saturated heterocycles. The number of fused-ring (bicyclic) bond motifs is 1. The van der Waals surface area contributed by atoms with Crippen molar-refractivity contribution < 1.29 is 9.59 Å². The fraction of sp³-hybridized carbons (Fsp3) is 0.455. The van der Waals surface area contributed by atoms with E-state index in [1.807, 2.05) is 52.3 Å². The van der Waals surface area contributed by atoms with Gasteiger partial charge in [-0.3, -0.25) is 9.59 Å². The van der Waals surface area contributed by atoms with Crippen molar-refractivity contribution in [1.82, 2.24) is 15.1 Å². The summed E-state index contributed by atoms with van der Waals surface area (Å²) in [7, 11) is 0. The number of piperazine rings is 1. The van der Waals surface area contributed by atoms with E-state index < -0.39 is 0 Å². The summed E-state index contributed by atoms with van der Waals surface area (Å²) in [5.74, 6) is 0.762. The quantitative estimate of drug-likeness (QED) is 0.909. The number of rotatable bonds is 3. The Kier molecular flexibility index (Phi) is 5.39. The van der Waals surface area contributed by atoms with Crippen molar-refractivity contribution in [2.75, 3.05) is 39.3 Å². The molecule has 0 bridgehead atoms. The highest BCUT2D eigenvalue weighted by molar-refractivity contribution is 6.07. The lowest BCUT2D eigenvalue weighted by Crippen LogP contribution is -2.51. The van der Waals surface area contributed by atoms with Gasteiger partial charge in [0.1, 0.15) is 0 Å². The Labute approximate surface area is 160 Å². The Bertz CT molecular complexity index is 816. The third-order valence-electron chi connectivity index (χ3n) is 5.80. The molecule has 0 unspecified atom stereocenters. The fourth-order valence-electron chi connectivity index (χ4n) is 4.22. The van der Waals surface area contributed by atoms with Gasteiger partial charge < -0.3 is 15.1 Å². The van der Waals surface area contributed by atoms with Crippen LogP contribution in [0.3, 0.4) is 0 Å². The lowest BCUT2D eigenvalue weighted by molar-refractivity contribution is -0.133. The molecule has 0 radical (unpaired) electrons. The van der Waals surface area contributed by atoms with Crippen LogP contribution in [0.1, 0.15) is 29.6 Å². The first kappa shape index (κ1) is 18.0. The zero-order chi connectivity index (χ0) is 18.6. The average Bonchev–Trinajstić information content (AvgIpc) is 2.73. The summed E-state index contributed by atoms with van der Waals surface area (Å²) in [6.07, 6.45) is 2.92. The molecule has 2 aromatic rings. The van der Waals surface area contributed by atoms with Crippen LogP contribution in [0.15, 0.2) is 42.5 Å². The Morgan fingerprint density at radius 3 is 2.48 bits per heavy atom. The lowest BCUT2D eigenvalue weighted by Gasteiger charge is -2.36. The standard InChI is InChI=1S/C22H27N3O2/c26-21(15-17-5-4-10-23-16-17)24-11-13-25(14-12-24)22(27)20-9-3-7-18-6-1-2-8-19(18)20/h1-3,6-9,17,23H,4-5,10-16H2/t17-/m0/s1. The SMILES string of the molecule is O=C(C[C@@H]1CCCNC1)N1CCN(C(=O)c2cccc3ccccc23)CC1. The van der Waals surface area contributed by atoms with Gasteiger partial charge in [-0.25, -0.2) is 0 Å². The van der Waals surface area contributed by atoms with Crippen LogP contribution in [0, 0.1) is 5.92 Å². The van der Waals surface area contributed by atoms with E-state index in [0.717, 1.165) is 42.3 Å². The van der Waals surface area contributed by atoms with Gasteiger partial charge in [0, 0.05) is 38.2 Å². The van der Waals surface area contributed by atoms with Gasteiger partial charge in [-0.15, -0.1) is 0 Å². The minimum Gasteiger partial charge on any atom is -0.339 e. The lowest BCUT2D eigenvalue weighted by atomic mass is 9.95. The summed E-state index contributed by atoms with van der Waals surface area (Å²) in [5, 5.41) is 5.45. The highest BCUT2D eigenvalue weighted by atomic mass is 16.2. The van der Waals surface area contributed by atoms with Crippen LogP contribution >= 0.6 is 0 Å². The normalized spacial score (nSPS) is 20.7. The molecular weight excluding hydrogens is 338 g/mol. The molecule has 5 heteroatoms. The van der Waals surface area contributed by atoms with Crippen molar-refractivity contribution >= 4 is 22.6 Å². The molecule has 0 spiro atoms. The molecule has 0 saturated carbocycles. The second kappa shape index (κ2) is 8.09. The molecule has 2 aliphatic heterocycles. The predicted molar refractivity (Wildman–Crippen MR) is 107 cm³/mol. The highest BCUT2D eigenvalue weighted by Gasteiger charge is 2.27. The van der Waals surface area contributed by atoms with E-state index >= 15 is 0 Å². The third-order valence-corrected chi connectivity index (χ3v) is 5.80. The van der Waals surface area contributed by atoms with Gasteiger partial charge in [-0.2, -0.15) is 0 Å². The summed E-state index contributed by atoms with van der Waals surface area (Å²) in [6, 6.07) is 13.9. The molecule has 2 heterocycles. The van der Waals surface area contributed by atoms with E-state index in [0.29, 0.717) is 38.5 Å². The molecule has 1 atom stereocenters. The maximum atomic E-state index is 13.0. The van der Waals surface area contributed by atoms with Gasteiger partial charge in [0.05, 0.1) is 0 Å². The fourth-order valence-corrected chi connectivity index (χ4v) is 4.22. The van der Waals surface area contributed by atoms with Crippen LogP contribution < -0.4 is 5.32 Å². The van der Waals surface area contributed by atoms with Crippen molar-refractivity contribution in [3.05, 3.63) is 48.0 Å². The summed E-state index contributed by atoms with van der Waals surface area (Å²) in [6.45, 7) is 4.50. The smallest absolute Gasteiger partial charge is 0.254 e. The van der Waals surface area contributed by atoms with E-state index in [-0.39, 0.29) is 11.8 Å². The van der Waals surface area contributed by atoms with Crippen molar-refractivity contribution in [3.8, 4) is 0 Å². The minimum atomic E-state index is 0.0652. The highest BCUT2D eigenvalue weighted by Crippen LogP contribution is 2.21. The molecule has 4 rings (SSSR count). The predicted octanol–water partition coefficient (Wildman–Crippen LogP) is 2.51. The molecule has 5 nitrogen and oxygen atoms in total. The minimum absolute atomic E-state index is 0.0652. The summed E-state index contributed by atoms with van der Waals surface area (Å²) < 4.78 is 0. The van der Waals surface area contributed by atoms with E-state index in [9.17, 15) is 9.59 Å². The monoisotopic (exact) mass is 365 g/mol. The Balaban J connectivity index is 1.37. The maximum Gasteiger partial charge on any atom is 0.254 e. The Hall–Kier alpha value is -2.40. The number of carbonyl (C=O) groups is 2. The first-order valence-corrected chi connectivity index (χ1v) is 9.98. The Morgan fingerprint density at radius 1 is 0.963 bits per heavy atom. The van der Waals surface area contributed by atoms with Gasteiger partial charge in [-0.05, 0) is 48.7 Å². The van der Waals surface area contributed by atoms with E-state index in [2.05, 4.69) is 5.32 Å². The van der Waals surface area contributed by atoms with Gasteiger partial charge in [0.2, 0.25) is 5.91 Å². The number of hydrogen-bond donors (Lipinski definition) is 1. The molecule has 1 N–H and O–H groups in total. The van der Waals surface area contributed by atoms with Crippen LogP contribution in [0.25, 0.3) is 10.8 Å². The molecule has 2 fully saturated rings. The van der Waals surface area contributed by atoms with Gasteiger partial charge in [-0.1, -0.05) is 36.4 Å². The molecular formula is C22H27N3O2. The molecule has 2 aliphatic rings. The van der Waals surface area contributed by atoms with Crippen LogP contribution in [0.2, 0.25) is 0 Å². The third kappa shape index (κ3) is 3.98. The first-order valence-electron chi connectivity index (χ1n) is 9.98. The summed E-state index contributed by atoms with van der Waals surface area (Å²) in [4.78, 5) is 29.4. The topological polar surface area (TPSA) is 52.7 Å². The van der Waals surface area contributed by atoms with Gasteiger partial charge in [0.15, 0.2) is 0 Å². The zero-order valence-electron chi connectivity index (χ0n) is 15.7. The second-order valence-electron chi connectivity index (χ2n) is 7.62. The van der Waals surface area contributed by atoms with E-state index in [1.54, 1.807) is 0 Å². The van der Waals surface area contributed by atoms with Crippen LogP contribution in [0.4, 0.5) is 0 Å². The van der Waals surface area contributed by atoms with Crippen molar-refractivity contribution in [2.24, 2.45) is 5.92 Å². The second-order valence-corrected chi connectivity index (χ2v) is 7.62. The van der Waals surface area contributed by atoms with Crippen LogP contribution in [-0.2, 0) is 4.79 Å². The molecule has 2 aromatic carbocycles. The van der Waals surface area contributed by atoms with E-state index in [1.165, 1.54) is 0 Å². The molecule has 0 aliphatic carbocycles. The number of carbonyl (C=O) groups excluding carboxylic acids is 2. The Morgan fingerprint density at radius 2 is 1.70 bits per heavy atom. The maximum absolute atomic E-state index is 13.0. The number of hydrogen-bond acceptors (Lipinski definition) is 3. The molecule has 142 valence electrons. The van der Waals surface area contributed by atoms with Gasteiger partial charge >= 0.3 is 0 Å². The van der Waals surface area contributed by atoms with Crippen LogP contribution in [0.5, 0.6) is 0 Å². The number of amides is 2. The van der Waals surface area contributed by atoms with E-state index in [4.69, 9.17) is 0 Å². The van der Waals surface area contributed by atoms with Crippen molar-refractivity contribution in [3.63, 3.8) is 0 Å². The summed E-state index contributed by atoms with van der Waals surface area (Å²) >= 11 is 0. The van der Waals surface area contributed by atoms with Crippen molar-refractivity contribution in [2.45, 2.75) is 19.3 Å². The van der Waals surface area contributed by atoms with Gasteiger partial charge in [0.25, 0.3) is 5.91 Å². The largest absolute Gasteiger partial charge is 0.339 e. The number of nitrogens with one attached hydrogen (secondary N) is 1. The van der Waals surface area contributed by atoms with Crippen molar-refractivity contribution in [1.29, 1.82) is 0 Å². The molecule has 2 amide bonds. The average molecular weight is 365 g/mol. The number of benzene rings is 2. The molecule has 27 heavy (non-hydrogen) atoms. The first-order chi connectivity index (χ1) is 13.2. The molecule has 0 aromatic heterocycles. The zero-order valence-corrected chi connectivity index (χ0v) is 15.7. The summed E-state index contributed by atoms with van der Waals surface area (Å²) in [5.41, 5.74) is 0.751. The van der Waals surface area contributed by atoms with Crippen LogP contribution in [-0.4, -0.2) is 60.9 Å².